The van der Waals surface area contributed by atoms with Crippen molar-refractivity contribution in [3.63, 3.8) is 0 Å². The summed E-state index contributed by atoms with van der Waals surface area (Å²) in [4.78, 5) is 51.0. The summed E-state index contributed by atoms with van der Waals surface area (Å²) < 4.78 is 17.4. The molecule has 1 atom stereocenters. The van der Waals surface area contributed by atoms with Crippen LogP contribution < -0.4 is 16.2 Å². The number of amides is 3. The zero-order valence-electron chi connectivity index (χ0n) is 23.9. The Morgan fingerprint density at radius 2 is 1.56 bits per heavy atom. The van der Waals surface area contributed by atoms with Gasteiger partial charge in [-0.15, -0.1) is 0 Å². The van der Waals surface area contributed by atoms with Crippen LogP contribution in [0.15, 0.2) is 73.4 Å². The molecular weight excluding hydrogens is 528 g/mol. The molecule has 1 heterocycles. The molecule has 0 spiro atoms. The number of aromatic nitrogens is 1. The first-order valence-electron chi connectivity index (χ1n) is 13.0. The van der Waals surface area contributed by atoms with E-state index < -0.39 is 41.4 Å². The van der Waals surface area contributed by atoms with Gasteiger partial charge in [-0.05, 0) is 51.8 Å². The number of nitrogens with one attached hydrogen (secondary N) is 3. The molecule has 3 N–H and O–H groups in total. The Labute approximate surface area is 238 Å². The maximum absolute atomic E-state index is 13.2. The van der Waals surface area contributed by atoms with Crippen LogP contribution in [0.25, 0.3) is 10.9 Å². The van der Waals surface area contributed by atoms with Crippen LogP contribution in [0.2, 0.25) is 0 Å². The zero-order valence-corrected chi connectivity index (χ0v) is 23.9. The summed E-state index contributed by atoms with van der Waals surface area (Å²) >= 11 is 0. The SMILES string of the molecule is C=CCOC(=O)N[C@H](Cc1cn(C(=O)OC(C)(C)C)c2ccccc12)C(=O)NNC(=O)OC(C)(C)c1ccccc1. The average molecular weight is 565 g/mol. The molecule has 3 amide bonds. The summed E-state index contributed by atoms with van der Waals surface area (Å²) in [5.41, 5.74) is 4.71. The second-order valence-electron chi connectivity index (χ2n) is 10.7. The van der Waals surface area contributed by atoms with Gasteiger partial charge >= 0.3 is 18.3 Å². The smallest absolute Gasteiger partial charge is 0.426 e. The largest absolute Gasteiger partial charge is 0.445 e. The van der Waals surface area contributed by atoms with Gasteiger partial charge in [-0.25, -0.2) is 19.8 Å². The van der Waals surface area contributed by atoms with E-state index in [0.29, 0.717) is 16.5 Å². The third-order valence-corrected chi connectivity index (χ3v) is 5.85. The minimum atomic E-state index is -1.20. The number of benzene rings is 2. The van der Waals surface area contributed by atoms with Crippen molar-refractivity contribution in [1.82, 2.24) is 20.7 Å². The molecule has 11 heteroatoms. The number of rotatable bonds is 8. The van der Waals surface area contributed by atoms with E-state index in [2.05, 4.69) is 22.7 Å². The third kappa shape index (κ3) is 8.59. The molecule has 0 aliphatic rings. The number of carbonyl (C=O) groups is 4. The third-order valence-electron chi connectivity index (χ3n) is 5.85. The standard InChI is InChI=1S/C30H36N4O7/c1-7-17-39-26(36)31-23(25(35)32-33-27(37)40-30(5,6)21-13-9-8-10-14-21)18-20-19-34(28(38)41-29(2,3)4)24-16-12-11-15-22(20)24/h7-16,19,23H,1,17-18H2,2-6H3,(H,31,36)(H,32,35)(H,33,37)/t23-/m1/s1. The van der Waals surface area contributed by atoms with Crippen LogP contribution >= 0.6 is 0 Å². The molecule has 0 aliphatic heterocycles. The predicted molar refractivity (Wildman–Crippen MR) is 153 cm³/mol. The van der Waals surface area contributed by atoms with Crippen LogP contribution in [0.3, 0.4) is 0 Å². The number of carbonyl (C=O) groups excluding carboxylic acids is 4. The molecular formula is C30H36N4O7. The van der Waals surface area contributed by atoms with Crippen molar-refractivity contribution >= 4 is 35.1 Å². The average Bonchev–Trinajstić information content (AvgIpc) is 3.28. The van der Waals surface area contributed by atoms with Crippen LogP contribution in [0.1, 0.15) is 45.7 Å². The van der Waals surface area contributed by atoms with Crippen molar-refractivity contribution in [1.29, 1.82) is 0 Å². The highest BCUT2D eigenvalue weighted by molar-refractivity contribution is 5.93. The van der Waals surface area contributed by atoms with Gasteiger partial charge in [0.25, 0.3) is 5.91 Å². The van der Waals surface area contributed by atoms with Gasteiger partial charge in [0.2, 0.25) is 0 Å². The lowest BCUT2D eigenvalue weighted by molar-refractivity contribution is -0.124. The van der Waals surface area contributed by atoms with Gasteiger partial charge in [0.05, 0.1) is 5.52 Å². The summed E-state index contributed by atoms with van der Waals surface area (Å²) in [7, 11) is 0. The number of hydrazine groups is 1. The van der Waals surface area contributed by atoms with E-state index in [1.165, 1.54) is 10.6 Å². The van der Waals surface area contributed by atoms with Crippen molar-refractivity contribution in [2.75, 3.05) is 6.61 Å². The van der Waals surface area contributed by atoms with Crippen molar-refractivity contribution < 1.29 is 33.4 Å². The van der Waals surface area contributed by atoms with Gasteiger partial charge in [0.1, 0.15) is 23.9 Å². The number of fused-ring (bicyclic) bond motifs is 1. The molecule has 41 heavy (non-hydrogen) atoms. The highest BCUT2D eigenvalue weighted by Crippen LogP contribution is 2.25. The zero-order chi connectivity index (χ0) is 30.2. The summed E-state index contributed by atoms with van der Waals surface area (Å²) in [6, 6.07) is 15.0. The van der Waals surface area contributed by atoms with Crippen LogP contribution in [-0.2, 0) is 31.0 Å². The Bertz CT molecular complexity index is 1410. The number of ether oxygens (including phenoxy) is 3. The molecule has 0 unspecified atom stereocenters. The molecule has 218 valence electrons. The second-order valence-corrected chi connectivity index (χ2v) is 10.7. The lowest BCUT2D eigenvalue weighted by Gasteiger charge is -2.26. The maximum atomic E-state index is 13.2. The van der Waals surface area contributed by atoms with Gasteiger partial charge in [0, 0.05) is 18.0 Å². The van der Waals surface area contributed by atoms with Gasteiger partial charge in [-0.3, -0.25) is 14.8 Å². The Kier molecular flexibility index (Phi) is 9.77. The Hall–Kier alpha value is -4.80. The first-order valence-corrected chi connectivity index (χ1v) is 13.0. The fraction of sp³-hybridized carbons (Fsp3) is 0.333. The quantitative estimate of drug-likeness (QED) is 0.200. The van der Waals surface area contributed by atoms with Crippen LogP contribution in [0, 0.1) is 0 Å². The highest BCUT2D eigenvalue weighted by Gasteiger charge is 2.28. The Balaban J connectivity index is 1.80. The number of nitrogens with zero attached hydrogens (tertiary/aromatic N) is 1. The number of hydrogen-bond donors (Lipinski definition) is 3. The van der Waals surface area contributed by atoms with Crippen LogP contribution in [0.4, 0.5) is 14.4 Å². The summed E-state index contributed by atoms with van der Waals surface area (Å²) in [5.74, 6) is -0.746. The van der Waals surface area contributed by atoms with E-state index in [9.17, 15) is 19.2 Å². The van der Waals surface area contributed by atoms with Gasteiger partial charge in [0.15, 0.2) is 0 Å². The minimum Gasteiger partial charge on any atom is -0.445 e. The summed E-state index contributed by atoms with van der Waals surface area (Å²) in [6.45, 7) is 12.1. The lowest BCUT2D eigenvalue weighted by Crippen LogP contribution is -2.53. The summed E-state index contributed by atoms with van der Waals surface area (Å²) in [6.07, 6.45) is 0.534. The van der Waals surface area contributed by atoms with E-state index >= 15 is 0 Å². The highest BCUT2D eigenvalue weighted by atomic mass is 16.6. The Morgan fingerprint density at radius 3 is 2.22 bits per heavy atom. The van der Waals surface area contributed by atoms with Crippen molar-refractivity contribution in [2.24, 2.45) is 0 Å². The number of para-hydroxylation sites is 1. The normalized spacial score (nSPS) is 12.1. The van der Waals surface area contributed by atoms with E-state index in [-0.39, 0.29) is 13.0 Å². The van der Waals surface area contributed by atoms with Gasteiger partial charge in [-0.1, -0.05) is 61.2 Å². The molecule has 3 rings (SSSR count). The van der Waals surface area contributed by atoms with Gasteiger partial charge < -0.3 is 19.5 Å². The molecule has 0 bridgehead atoms. The molecule has 2 aromatic carbocycles. The molecule has 1 aromatic heterocycles. The first-order chi connectivity index (χ1) is 19.3. The van der Waals surface area contributed by atoms with E-state index in [1.54, 1.807) is 65.1 Å². The van der Waals surface area contributed by atoms with Crippen molar-refractivity contribution in [3.05, 3.63) is 84.6 Å². The maximum Gasteiger partial charge on any atom is 0.426 e. The van der Waals surface area contributed by atoms with Crippen LogP contribution in [0.5, 0.6) is 0 Å². The second kappa shape index (κ2) is 13.0. The molecule has 0 aliphatic carbocycles. The molecule has 0 fully saturated rings. The minimum absolute atomic E-state index is 0.0441. The molecule has 3 aromatic rings. The van der Waals surface area contributed by atoms with E-state index in [4.69, 9.17) is 14.2 Å². The molecule has 0 saturated heterocycles. The fourth-order valence-electron chi connectivity index (χ4n) is 3.98. The topological polar surface area (TPSA) is 137 Å². The van der Waals surface area contributed by atoms with Crippen LogP contribution in [-0.4, -0.2) is 47.0 Å². The fourth-order valence-corrected chi connectivity index (χ4v) is 3.98. The molecule has 0 saturated carbocycles. The number of alkyl carbamates (subject to hydrolysis) is 1. The lowest BCUT2D eigenvalue weighted by atomic mass is 9.98. The number of hydrogen-bond acceptors (Lipinski definition) is 7. The van der Waals surface area contributed by atoms with E-state index in [1.807, 2.05) is 30.3 Å². The predicted octanol–water partition coefficient (Wildman–Crippen LogP) is 4.94. The van der Waals surface area contributed by atoms with Crippen molar-refractivity contribution in [3.8, 4) is 0 Å². The monoisotopic (exact) mass is 564 g/mol. The first kappa shape index (κ1) is 30.7. The van der Waals surface area contributed by atoms with Gasteiger partial charge in [-0.2, -0.15) is 0 Å². The molecule has 11 nitrogen and oxygen atoms in total. The Morgan fingerprint density at radius 1 is 0.902 bits per heavy atom. The summed E-state index contributed by atoms with van der Waals surface area (Å²) in [5, 5.41) is 3.18. The molecule has 0 radical (unpaired) electrons. The van der Waals surface area contributed by atoms with E-state index in [0.717, 1.165) is 5.56 Å². The van der Waals surface area contributed by atoms with Crippen molar-refractivity contribution in [2.45, 2.75) is 58.3 Å².